The number of fused-ring (bicyclic) bond motifs is 4. The molecule has 2 aromatic heterocycles. The van der Waals surface area contributed by atoms with Crippen LogP contribution in [0.1, 0.15) is 88.8 Å². The van der Waals surface area contributed by atoms with Crippen LogP contribution in [0.5, 0.6) is 0 Å². The second kappa shape index (κ2) is 12.6. The Bertz CT molecular complexity index is 2200. The first-order valence-corrected chi connectivity index (χ1v) is 18.9. The van der Waals surface area contributed by atoms with Crippen molar-refractivity contribution in [3.8, 4) is 17.2 Å². The number of ether oxygens (including phenoxy) is 1. The molecule has 0 radical (unpaired) electrons. The lowest BCUT2D eigenvalue weighted by Crippen LogP contribution is -2.45. The average molecular weight is 747 g/mol. The zero-order chi connectivity index (χ0) is 37.0. The maximum atomic E-state index is 17.2. The zero-order valence-corrected chi connectivity index (χ0v) is 31.4. The van der Waals surface area contributed by atoms with Gasteiger partial charge in [0.2, 0.25) is 5.91 Å². The molecule has 2 bridgehead atoms. The molecule has 2 amide bonds. The molecule has 3 aliphatic heterocycles. The number of carbonyl (C=O) groups is 2. The molecule has 5 fully saturated rings. The number of aliphatic hydroxyl groups excluding tert-OH is 1. The Hall–Kier alpha value is -3.91. The Balaban J connectivity index is 1.39. The Morgan fingerprint density at radius 2 is 1.90 bits per heavy atom. The summed E-state index contributed by atoms with van der Waals surface area (Å²) in [4.78, 5) is 35.9. The molecule has 9 rings (SSSR count). The molecule has 0 unspecified atom stereocenters. The highest BCUT2D eigenvalue weighted by molar-refractivity contribution is 6.43. The summed E-state index contributed by atoms with van der Waals surface area (Å²) in [5.41, 5.74) is 2.98. The average Bonchev–Trinajstić information content (AvgIpc) is 3.41. The van der Waals surface area contributed by atoms with Crippen molar-refractivity contribution in [2.45, 2.75) is 109 Å². The molecule has 2 aromatic carbocycles. The number of hydrogen-bond acceptors (Lipinski definition) is 6. The second-order valence-electron chi connectivity index (χ2n) is 16.0. The first-order valence-electron chi connectivity index (χ1n) is 18.2. The van der Waals surface area contributed by atoms with Crippen LogP contribution in [0.25, 0.3) is 32.9 Å². The van der Waals surface area contributed by atoms with Crippen molar-refractivity contribution in [3.05, 3.63) is 63.1 Å². The van der Waals surface area contributed by atoms with Gasteiger partial charge in [-0.1, -0.05) is 35.3 Å². The van der Waals surface area contributed by atoms with Crippen LogP contribution in [0, 0.1) is 35.9 Å². The standard InChI is InChI=1S/C40H42Cl2FN5O4/c1-19-25-16-28(29-17-31(49)20(2)47(29)38(50)21-11-12-21)48(36-23-15-30(36)46(18-23)39(51)52-40(3,4)5)37(25)26-14-22(8-7-13-44)32(34(43)35(26)45-19)24-9-6-10-27(41)33(24)42/h6,9-10,14,16,20-21,23,29-31,36,49H,7-8,11-12,15,17-18H2,1-5H3/t20-,23-,29-,30-,31+,36+/m1/s1. The van der Waals surface area contributed by atoms with E-state index in [2.05, 4.69) is 16.7 Å². The lowest BCUT2D eigenvalue weighted by atomic mass is 9.79. The van der Waals surface area contributed by atoms with Gasteiger partial charge in [-0.3, -0.25) is 4.79 Å². The molecule has 2 aliphatic carbocycles. The van der Waals surface area contributed by atoms with Crippen molar-refractivity contribution in [3.63, 3.8) is 0 Å². The number of halogens is 3. The number of rotatable bonds is 6. The number of likely N-dealkylation sites (tertiary alicyclic amines) is 1. The molecule has 2 saturated carbocycles. The number of nitriles is 1. The second-order valence-corrected chi connectivity index (χ2v) is 16.8. The summed E-state index contributed by atoms with van der Waals surface area (Å²) in [6.45, 7) is 9.82. The van der Waals surface area contributed by atoms with Gasteiger partial charge in [-0.2, -0.15) is 5.26 Å². The molecule has 52 heavy (non-hydrogen) atoms. The largest absolute Gasteiger partial charge is 0.444 e. The number of nitrogens with zero attached hydrogens (tertiary/aromatic N) is 5. The third-order valence-corrected chi connectivity index (χ3v) is 12.4. The van der Waals surface area contributed by atoms with Crippen molar-refractivity contribution in [2.24, 2.45) is 11.8 Å². The quantitative estimate of drug-likeness (QED) is 0.211. The van der Waals surface area contributed by atoms with Crippen LogP contribution in [0.3, 0.4) is 0 Å². The summed E-state index contributed by atoms with van der Waals surface area (Å²) < 4.78 is 25.3. The van der Waals surface area contributed by atoms with E-state index in [0.29, 0.717) is 35.2 Å². The fourth-order valence-electron chi connectivity index (χ4n) is 8.93. The van der Waals surface area contributed by atoms with Crippen molar-refractivity contribution >= 4 is 57.0 Å². The van der Waals surface area contributed by atoms with E-state index >= 15 is 4.39 Å². The minimum absolute atomic E-state index is 0.0467. The summed E-state index contributed by atoms with van der Waals surface area (Å²) in [7, 11) is 0. The lowest BCUT2D eigenvalue weighted by Gasteiger charge is -2.41. The molecular weight excluding hydrogens is 704 g/mol. The van der Waals surface area contributed by atoms with Gasteiger partial charge in [-0.25, -0.2) is 14.2 Å². The van der Waals surface area contributed by atoms with Crippen molar-refractivity contribution in [1.82, 2.24) is 19.4 Å². The number of carbonyl (C=O) groups excluding carboxylic acids is 2. The van der Waals surface area contributed by atoms with E-state index in [-0.39, 0.29) is 75.9 Å². The van der Waals surface area contributed by atoms with Crippen molar-refractivity contribution in [2.75, 3.05) is 6.54 Å². The highest BCUT2D eigenvalue weighted by atomic mass is 35.5. The zero-order valence-electron chi connectivity index (χ0n) is 29.9. The van der Waals surface area contributed by atoms with Crippen molar-refractivity contribution < 1.29 is 23.8 Å². The molecule has 12 heteroatoms. The summed E-state index contributed by atoms with van der Waals surface area (Å²) in [5.74, 6) is -0.464. The topological polar surface area (TPSA) is 112 Å². The molecule has 0 spiro atoms. The monoisotopic (exact) mass is 745 g/mol. The third kappa shape index (κ3) is 5.54. The SMILES string of the molecule is Cc1nc2c(F)c(-c3cccc(Cl)c3Cl)c(CCC#N)cc2c2c1cc([C@H]1C[C@H](O)[C@@H](C)N1C(=O)C1CC1)n2[C@H]1[C@@H]2C[C@H]1N(C(=O)OC(C)(C)C)C2. The van der Waals surface area contributed by atoms with E-state index in [9.17, 15) is 20.0 Å². The molecule has 6 atom stereocenters. The number of hydrogen-bond donors (Lipinski definition) is 1. The van der Waals surface area contributed by atoms with E-state index < -0.39 is 23.6 Å². The maximum Gasteiger partial charge on any atom is 0.410 e. The maximum absolute atomic E-state index is 17.2. The van der Waals surface area contributed by atoms with Gasteiger partial charge in [-0.05, 0) is 84.1 Å². The summed E-state index contributed by atoms with van der Waals surface area (Å²) in [6.07, 6.45) is 2.15. The molecule has 272 valence electrons. The molecular formula is C40H42Cl2FN5O4. The lowest BCUT2D eigenvalue weighted by molar-refractivity contribution is -0.136. The van der Waals surface area contributed by atoms with Crippen molar-refractivity contribution in [1.29, 1.82) is 5.26 Å². The van der Waals surface area contributed by atoms with Crippen LogP contribution in [-0.4, -0.2) is 66.8 Å². The van der Waals surface area contributed by atoms with E-state index in [4.69, 9.17) is 32.9 Å². The first-order chi connectivity index (χ1) is 24.7. The summed E-state index contributed by atoms with van der Waals surface area (Å²) in [6, 6.07) is 10.1. The van der Waals surface area contributed by atoms with Crippen LogP contribution in [0.4, 0.5) is 9.18 Å². The minimum Gasteiger partial charge on any atom is -0.444 e. The number of aliphatic hydroxyl groups is 1. The highest BCUT2D eigenvalue weighted by Crippen LogP contribution is 2.55. The van der Waals surface area contributed by atoms with Gasteiger partial charge < -0.3 is 24.2 Å². The predicted octanol–water partition coefficient (Wildman–Crippen LogP) is 8.68. The molecule has 9 nitrogen and oxygen atoms in total. The van der Waals surface area contributed by atoms with E-state index in [1.54, 1.807) is 18.2 Å². The minimum atomic E-state index is -0.716. The predicted molar refractivity (Wildman–Crippen MR) is 198 cm³/mol. The number of amides is 2. The third-order valence-electron chi connectivity index (χ3n) is 11.5. The van der Waals surface area contributed by atoms with Gasteiger partial charge in [0, 0.05) is 64.5 Å². The van der Waals surface area contributed by atoms with Gasteiger partial charge in [0.1, 0.15) is 11.1 Å². The Kier molecular flexibility index (Phi) is 8.52. The fraction of sp³-hybridized carbons (Fsp3) is 0.500. The number of aromatic nitrogens is 2. The first kappa shape index (κ1) is 35.1. The Morgan fingerprint density at radius 1 is 1.15 bits per heavy atom. The Labute approximate surface area is 312 Å². The Morgan fingerprint density at radius 3 is 2.60 bits per heavy atom. The van der Waals surface area contributed by atoms with Gasteiger partial charge in [0.25, 0.3) is 0 Å². The fourth-order valence-corrected chi connectivity index (χ4v) is 9.32. The van der Waals surface area contributed by atoms with Gasteiger partial charge in [0.05, 0.1) is 51.9 Å². The highest BCUT2D eigenvalue weighted by Gasteiger charge is 2.57. The van der Waals surface area contributed by atoms with Gasteiger partial charge in [-0.15, -0.1) is 0 Å². The number of aryl methyl sites for hydroxylation is 2. The smallest absolute Gasteiger partial charge is 0.410 e. The van der Waals surface area contributed by atoms with Crippen LogP contribution >= 0.6 is 23.2 Å². The van der Waals surface area contributed by atoms with Crippen LogP contribution < -0.4 is 0 Å². The van der Waals surface area contributed by atoms with E-state index in [1.165, 1.54) is 0 Å². The normalized spacial score (nSPS) is 25.5. The molecule has 3 saturated heterocycles. The van der Waals surface area contributed by atoms with Crippen LogP contribution in [-0.2, 0) is 16.0 Å². The summed E-state index contributed by atoms with van der Waals surface area (Å²) in [5, 5.41) is 22.7. The number of pyridine rings is 1. The molecule has 1 N–H and O–H groups in total. The summed E-state index contributed by atoms with van der Waals surface area (Å²) >= 11 is 13.1. The molecule has 5 heterocycles. The van der Waals surface area contributed by atoms with E-state index in [1.807, 2.05) is 50.5 Å². The van der Waals surface area contributed by atoms with Crippen LogP contribution in [0.2, 0.25) is 10.0 Å². The van der Waals surface area contributed by atoms with Gasteiger partial charge in [0.15, 0.2) is 5.82 Å². The molecule has 4 aromatic rings. The van der Waals surface area contributed by atoms with Gasteiger partial charge >= 0.3 is 6.09 Å². The molecule has 5 aliphatic rings. The van der Waals surface area contributed by atoms with E-state index in [0.717, 1.165) is 35.9 Å². The number of benzene rings is 2. The van der Waals surface area contributed by atoms with Crippen LogP contribution in [0.15, 0.2) is 30.3 Å².